The molecule has 1 aromatic carbocycles. The molecule has 0 bridgehead atoms. The number of benzene rings is 1. The van der Waals surface area contributed by atoms with Crippen LogP contribution in [0.2, 0.25) is 0 Å². The van der Waals surface area contributed by atoms with Crippen LogP contribution in [-0.4, -0.2) is 17.0 Å². The summed E-state index contributed by atoms with van der Waals surface area (Å²) in [6, 6.07) is 3.30. The van der Waals surface area contributed by atoms with Crippen LogP contribution in [-0.2, 0) is 15.8 Å². The quantitative estimate of drug-likeness (QED) is 0.879. The number of aliphatic carboxylic acids is 1. The summed E-state index contributed by atoms with van der Waals surface area (Å²) in [5, 5.41) is 11.0. The van der Waals surface area contributed by atoms with Crippen LogP contribution in [0.3, 0.4) is 0 Å². The number of nitrogens with one attached hydrogen (secondary N) is 1. The molecule has 108 valence electrons. The van der Waals surface area contributed by atoms with E-state index in [1.807, 2.05) is 0 Å². The third kappa shape index (κ3) is 3.12. The molecule has 2 N–H and O–H groups in total. The molecule has 1 aliphatic carbocycles. The second kappa shape index (κ2) is 5.08. The van der Waals surface area contributed by atoms with Crippen molar-refractivity contribution >= 4 is 33.5 Å². The SMILES string of the molecule is O=C(O)C1CC1C(=O)Nc1ccc(Br)c(C(F)(F)F)c1. The first-order valence-corrected chi connectivity index (χ1v) is 6.40. The summed E-state index contributed by atoms with van der Waals surface area (Å²) < 4.78 is 37.9. The number of anilines is 1. The minimum Gasteiger partial charge on any atom is -0.481 e. The highest BCUT2D eigenvalue weighted by atomic mass is 79.9. The van der Waals surface area contributed by atoms with Gasteiger partial charge in [0.25, 0.3) is 0 Å². The standard InChI is InChI=1S/C12H9BrF3NO3/c13-9-2-1-5(3-8(9)12(14,15)16)17-10(18)6-4-7(6)11(19)20/h1-3,6-7H,4H2,(H,17,18)(H,19,20). The molecule has 20 heavy (non-hydrogen) atoms. The third-order valence-electron chi connectivity index (χ3n) is 2.98. The minimum absolute atomic E-state index is 0.0124. The van der Waals surface area contributed by atoms with Gasteiger partial charge in [-0.25, -0.2) is 0 Å². The fourth-order valence-corrected chi connectivity index (χ4v) is 2.28. The first-order chi connectivity index (χ1) is 9.20. The first-order valence-electron chi connectivity index (χ1n) is 5.60. The van der Waals surface area contributed by atoms with Crippen LogP contribution in [0.25, 0.3) is 0 Å². The first kappa shape index (κ1) is 14.8. The van der Waals surface area contributed by atoms with E-state index in [1.54, 1.807) is 0 Å². The zero-order valence-electron chi connectivity index (χ0n) is 9.87. The highest BCUT2D eigenvalue weighted by Gasteiger charge is 2.48. The van der Waals surface area contributed by atoms with Crippen molar-refractivity contribution in [1.29, 1.82) is 0 Å². The molecule has 0 heterocycles. The van der Waals surface area contributed by atoms with Crippen LogP contribution in [0, 0.1) is 11.8 Å². The monoisotopic (exact) mass is 351 g/mol. The Labute approximate surface area is 120 Å². The van der Waals surface area contributed by atoms with E-state index < -0.39 is 35.5 Å². The second-order valence-electron chi connectivity index (χ2n) is 4.47. The maximum Gasteiger partial charge on any atom is 0.417 e. The van der Waals surface area contributed by atoms with Gasteiger partial charge < -0.3 is 10.4 Å². The van der Waals surface area contributed by atoms with E-state index in [2.05, 4.69) is 21.2 Å². The van der Waals surface area contributed by atoms with Gasteiger partial charge in [-0.05, 0) is 24.6 Å². The van der Waals surface area contributed by atoms with Crippen LogP contribution < -0.4 is 5.32 Å². The zero-order valence-corrected chi connectivity index (χ0v) is 11.5. The lowest BCUT2D eigenvalue weighted by Crippen LogP contribution is -2.17. The van der Waals surface area contributed by atoms with E-state index in [1.165, 1.54) is 12.1 Å². The lowest BCUT2D eigenvalue weighted by molar-refractivity contribution is -0.140. The largest absolute Gasteiger partial charge is 0.481 e. The number of halogens is 4. The number of rotatable bonds is 3. The Kier molecular flexibility index (Phi) is 3.77. The molecule has 2 rings (SSSR count). The van der Waals surface area contributed by atoms with Crippen molar-refractivity contribution in [3.63, 3.8) is 0 Å². The van der Waals surface area contributed by atoms with E-state index >= 15 is 0 Å². The summed E-state index contributed by atoms with van der Waals surface area (Å²) in [5.41, 5.74) is -0.914. The van der Waals surface area contributed by atoms with E-state index in [0.717, 1.165) is 6.07 Å². The number of alkyl halides is 3. The number of carbonyl (C=O) groups excluding carboxylic acids is 1. The van der Waals surface area contributed by atoms with Crippen molar-refractivity contribution in [3.05, 3.63) is 28.2 Å². The van der Waals surface area contributed by atoms with Gasteiger partial charge in [-0.2, -0.15) is 13.2 Å². The summed E-state index contributed by atoms with van der Waals surface area (Å²) in [7, 11) is 0. The van der Waals surface area contributed by atoms with E-state index in [4.69, 9.17) is 5.11 Å². The van der Waals surface area contributed by atoms with Gasteiger partial charge in [0.15, 0.2) is 0 Å². The maximum absolute atomic E-state index is 12.7. The predicted octanol–water partition coefficient (Wildman–Crippen LogP) is 3.13. The lowest BCUT2D eigenvalue weighted by Gasteiger charge is -2.11. The van der Waals surface area contributed by atoms with E-state index in [-0.39, 0.29) is 16.6 Å². The molecule has 8 heteroatoms. The average molecular weight is 352 g/mol. The predicted molar refractivity (Wildman–Crippen MR) is 67.0 cm³/mol. The normalized spacial score (nSPS) is 21.4. The molecule has 1 aliphatic rings. The van der Waals surface area contributed by atoms with Crippen LogP contribution >= 0.6 is 15.9 Å². The molecule has 0 saturated heterocycles. The third-order valence-corrected chi connectivity index (χ3v) is 3.68. The maximum atomic E-state index is 12.7. The molecule has 0 aromatic heterocycles. The number of amides is 1. The summed E-state index contributed by atoms with van der Waals surface area (Å²) in [5.74, 6) is -3.07. The van der Waals surface area contributed by atoms with Gasteiger partial charge in [0.2, 0.25) is 5.91 Å². The molecule has 2 atom stereocenters. The van der Waals surface area contributed by atoms with Gasteiger partial charge in [0, 0.05) is 10.2 Å². The van der Waals surface area contributed by atoms with Gasteiger partial charge in [-0.3, -0.25) is 9.59 Å². The molecule has 1 fully saturated rings. The molecule has 2 unspecified atom stereocenters. The highest BCUT2D eigenvalue weighted by Crippen LogP contribution is 2.40. The number of carboxylic acids is 1. The van der Waals surface area contributed by atoms with E-state index in [0.29, 0.717) is 0 Å². The fraction of sp³-hybridized carbons (Fsp3) is 0.333. The number of hydrogen-bond donors (Lipinski definition) is 2. The number of carbonyl (C=O) groups is 2. The Bertz CT molecular complexity index is 574. The van der Waals surface area contributed by atoms with Gasteiger partial charge in [0.1, 0.15) is 0 Å². The summed E-state index contributed by atoms with van der Waals surface area (Å²) in [4.78, 5) is 22.3. The number of carboxylic acid groups (broad SMARTS) is 1. The van der Waals surface area contributed by atoms with Crippen molar-refractivity contribution in [2.75, 3.05) is 5.32 Å². The molecular formula is C12H9BrF3NO3. The minimum atomic E-state index is -4.54. The molecule has 0 radical (unpaired) electrons. The smallest absolute Gasteiger partial charge is 0.417 e. The van der Waals surface area contributed by atoms with Gasteiger partial charge in [0.05, 0.1) is 17.4 Å². The van der Waals surface area contributed by atoms with E-state index in [9.17, 15) is 22.8 Å². The van der Waals surface area contributed by atoms with Gasteiger partial charge >= 0.3 is 12.1 Å². The fourth-order valence-electron chi connectivity index (χ4n) is 1.81. The Hall–Kier alpha value is -1.57. The molecule has 1 aromatic rings. The van der Waals surface area contributed by atoms with Crippen molar-refractivity contribution in [2.24, 2.45) is 11.8 Å². The molecular weight excluding hydrogens is 343 g/mol. The summed E-state index contributed by atoms with van der Waals surface area (Å²) in [6.45, 7) is 0. The second-order valence-corrected chi connectivity index (χ2v) is 5.32. The van der Waals surface area contributed by atoms with Gasteiger partial charge in [-0.1, -0.05) is 15.9 Å². The van der Waals surface area contributed by atoms with Crippen molar-refractivity contribution in [3.8, 4) is 0 Å². The topological polar surface area (TPSA) is 66.4 Å². The van der Waals surface area contributed by atoms with Crippen LogP contribution in [0.5, 0.6) is 0 Å². The molecule has 4 nitrogen and oxygen atoms in total. The van der Waals surface area contributed by atoms with Crippen LogP contribution in [0.1, 0.15) is 12.0 Å². The van der Waals surface area contributed by atoms with Gasteiger partial charge in [-0.15, -0.1) is 0 Å². The number of hydrogen-bond acceptors (Lipinski definition) is 2. The summed E-state index contributed by atoms with van der Waals surface area (Å²) >= 11 is 2.79. The molecule has 1 saturated carbocycles. The Morgan fingerprint density at radius 2 is 1.95 bits per heavy atom. The molecule has 1 amide bonds. The van der Waals surface area contributed by atoms with Crippen LogP contribution in [0.4, 0.5) is 18.9 Å². The van der Waals surface area contributed by atoms with Crippen LogP contribution in [0.15, 0.2) is 22.7 Å². The Balaban J connectivity index is 2.11. The summed E-state index contributed by atoms with van der Waals surface area (Å²) in [6.07, 6.45) is -4.33. The Morgan fingerprint density at radius 1 is 1.30 bits per heavy atom. The highest BCUT2D eigenvalue weighted by molar-refractivity contribution is 9.10. The molecule has 0 spiro atoms. The Morgan fingerprint density at radius 3 is 2.45 bits per heavy atom. The average Bonchev–Trinajstić information content (AvgIpc) is 3.10. The zero-order chi connectivity index (χ0) is 15.1. The lowest BCUT2D eigenvalue weighted by atomic mass is 10.2. The molecule has 0 aliphatic heterocycles. The van der Waals surface area contributed by atoms with Crippen molar-refractivity contribution in [1.82, 2.24) is 0 Å². The van der Waals surface area contributed by atoms with Crippen molar-refractivity contribution in [2.45, 2.75) is 12.6 Å². The van der Waals surface area contributed by atoms with Crippen molar-refractivity contribution < 1.29 is 27.9 Å².